The highest BCUT2D eigenvalue weighted by atomic mass is 32.2. The van der Waals surface area contributed by atoms with E-state index in [0.29, 0.717) is 57.9 Å². The van der Waals surface area contributed by atoms with Gasteiger partial charge in [-0.25, -0.2) is 12.8 Å². The number of sulfone groups is 1. The molecule has 0 atom stereocenters. The number of anilines is 1. The highest BCUT2D eigenvalue weighted by molar-refractivity contribution is 7.91. The summed E-state index contributed by atoms with van der Waals surface area (Å²) in [6.45, 7) is 2.82. The minimum atomic E-state index is -3.53. The van der Waals surface area contributed by atoms with E-state index in [4.69, 9.17) is 14.2 Å². The fourth-order valence-corrected chi connectivity index (χ4v) is 4.64. The Morgan fingerprint density at radius 3 is 2.52 bits per heavy atom. The first-order chi connectivity index (χ1) is 11.9. The van der Waals surface area contributed by atoms with Crippen molar-refractivity contribution in [2.75, 3.05) is 50.7 Å². The van der Waals surface area contributed by atoms with Gasteiger partial charge in [-0.1, -0.05) is 0 Å². The Labute approximate surface area is 147 Å². The summed E-state index contributed by atoms with van der Waals surface area (Å²) in [5.41, 5.74) is 0.582. The van der Waals surface area contributed by atoms with E-state index in [2.05, 4.69) is 0 Å². The van der Waals surface area contributed by atoms with Crippen LogP contribution in [0.2, 0.25) is 0 Å². The van der Waals surface area contributed by atoms with E-state index in [-0.39, 0.29) is 10.6 Å². The van der Waals surface area contributed by atoms with Crippen LogP contribution >= 0.6 is 0 Å². The average molecular weight is 373 g/mol. The predicted octanol–water partition coefficient (Wildman–Crippen LogP) is 1.98. The maximum absolute atomic E-state index is 14.0. The molecule has 6 nitrogen and oxygen atoms in total. The van der Waals surface area contributed by atoms with Gasteiger partial charge in [-0.3, -0.25) is 0 Å². The molecule has 0 radical (unpaired) electrons. The van der Waals surface area contributed by atoms with Gasteiger partial charge in [0.15, 0.2) is 15.6 Å². The number of nitrogens with zero attached hydrogens (tertiary/aromatic N) is 1. The van der Waals surface area contributed by atoms with Crippen molar-refractivity contribution in [1.29, 1.82) is 0 Å². The van der Waals surface area contributed by atoms with Crippen molar-refractivity contribution >= 4 is 15.5 Å². The number of methoxy groups -OCH3 is 1. The van der Waals surface area contributed by atoms with Crippen molar-refractivity contribution in [3.63, 3.8) is 0 Å². The van der Waals surface area contributed by atoms with Crippen LogP contribution in [0.3, 0.4) is 0 Å². The van der Waals surface area contributed by atoms with Crippen molar-refractivity contribution < 1.29 is 27.0 Å². The van der Waals surface area contributed by atoms with Gasteiger partial charge >= 0.3 is 0 Å². The maximum Gasteiger partial charge on any atom is 0.178 e. The fourth-order valence-electron chi connectivity index (χ4n) is 3.31. The van der Waals surface area contributed by atoms with E-state index in [1.54, 1.807) is 6.07 Å². The van der Waals surface area contributed by atoms with Crippen molar-refractivity contribution in [2.24, 2.45) is 0 Å². The standard InChI is InChI=1S/C17H24FNO5S/c1-22-7-2-10-25(20,21)16-12-14(18)11-15(13-16)19-5-3-17(4-6-19)23-8-9-24-17/h11-13H,2-10H2,1H3. The first kappa shape index (κ1) is 18.6. The molecule has 2 saturated heterocycles. The molecule has 1 aromatic carbocycles. The molecule has 25 heavy (non-hydrogen) atoms. The second kappa shape index (κ2) is 7.57. The van der Waals surface area contributed by atoms with E-state index in [9.17, 15) is 12.8 Å². The SMILES string of the molecule is COCCCS(=O)(=O)c1cc(F)cc(N2CCC3(CC2)OCCO3)c1. The topological polar surface area (TPSA) is 65.1 Å². The Morgan fingerprint density at radius 2 is 1.88 bits per heavy atom. The summed E-state index contributed by atoms with van der Waals surface area (Å²) in [7, 11) is -2.01. The zero-order valence-electron chi connectivity index (χ0n) is 14.4. The van der Waals surface area contributed by atoms with Gasteiger partial charge < -0.3 is 19.1 Å². The Morgan fingerprint density at radius 1 is 1.20 bits per heavy atom. The number of hydrogen-bond donors (Lipinski definition) is 0. The molecule has 8 heteroatoms. The minimum Gasteiger partial charge on any atom is -0.385 e. The van der Waals surface area contributed by atoms with Gasteiger partial charge in [-0.2, -0.15) is 0 Å². The molecule has 0 saturated carbocycles. The van der Waals surface area contributed by atoms with Gasteiger partial charge in [0.2, 0.25) is 0 Å². The zero-order chi connectivity index (χ0) is 17.9. The summed E-state index contributed by atoms with van der Waals surface area (Å²) in [5.74, 6) is -1.12. The van der Waals surface area contributed by atoms with Gasteiger partial charge in [0, 0.05) is 45.3 Å². The lowest BCUT2D eigenvalue weighted by atomic mass is 10.0. The van der Waals surface area contributed by atoms with E-state index < -0.39 is 21.4 Å². The lowest BCUT2D eigenvalue weighted by Crippen LogP contribution is -2.45. The Balaban J connectivity index is 1.73. The van der Waals surface area contributed by atoms with Crippen molar-refractivity contribution in [3.8, 4) is 0 Å². The Hall–Kier alpha value is -1.22. The molecule has 1 spiro atoms. The zero-order valence-corrected chi connectivity index (χ0v) is 15.2. The van der Waals surface area contributed by atoms with Crippen molar-refractivity contribution in [3.05, 3.63) is 24.0 Å². The van der Waals surface area contributed by atoms with Gasteiger partial charge in [0.1, 0.15) is 5.82 Å². The average Bonchev–Trinajstić information content (AvgIpc) is 3.03. The molecule has 0 amide bonds. The monoisotopic (exact) mass is 373 g/mol. The fraction of sp³-hybridized carbons (Fsp3) is 0.647. The second-order valence-corrected chi connectivity index (χ2v) is 8.51. The molecule has 140 valence electrons. The minimum absolute atomic E-state index is 0.0206. The Kier molecular flexibility index (Phi) is 5.62. The van der Waals surface area contributed by atoms with Gasteiger partial charge in [0.25, 0.3) is 0 Å². The molecule has 2 aliphatic rings. The number of ether oxygens (including phenoxy) is 3. The molecule has 0 bridgehead atoms. The van der Waals surface area contributed by atoms with Gasteiger partial charge in [-0.05, 0) is 24.6 Å². The summed E-state index contributed by atoms with van der Waals surface area (Å²) < 4.78 is 55.1. The van der Waals surface area contributed by atoms with Crippen LogP contribution in [-0.4, -0.2) is 60.0 Å². The molecule has 0 aromatic heterocycles. The normalized spacial score (nSPS) is 20.3. The number of halogens is 1. The molecular formula is C17H24FNO5S. The number of benzene rings is 1. The highest BCUT2D eigenvalue weighted by Crippen LogP contribution is 2.34. The maximum atomic E-state index is 14.0. The largest absolute Gasteiger partial charge is 0.385 e. The molecular weight excluding hydrogens is 349 g/mol. The molecule has 3 rings (SSSR count). The lowest BCUT2D eigenvalue weighted by Gasteiger charge is -2.38. The van der Waals surface area contributed by atoms with Gasteiger partial charge in [0.05, 0.1) is 23.9 Å². The molecule has 0 N–H and O–H groups in total. The summed E-state index contributed by atoms with van der Waals surface area (Å²) in [6.07, 6.45) is 1.74. The number of piperidine rings is 1. The van der Waals surface area contributed by atoms with Crippen LogP contribution in [0.1, 0.15) is 19.3 Å². The first-order valence-electron chi connectivity index (χ1n) is 8.49. The molecule has 1 aromatic rings. The van der Waals surface area contributed by atoms with Gasteiger partial charge in [-0.15, -0.1) is 0 Å². The van der Waals surface area contributed by atoms with E-state index in [0.717, 1.165) is 6.07 Å². The number of rotatable bonds is 6. The van der Waals surface area contributed by atoms with Crippen LogP contribution in [0, 0.1) is 5.82 Å². The van der Waals surface area contributed by atoms with E-state index >= 15 is 0 Å². The molecule has 2 heterocycles. The third kappa shape index (κ3) is 4.31. The van der Waals surface area contributed by atoms with Crippen LogP contribution in [0.15, 0.2) is 23.1 Å². The van der Waals surface area contributed by atoms with Crippen molar-refractivity contribution in [2.45, 2.75) is 29.9 Å². The molecule has 0 unspecified atom stereocenters. The summed E-state index contributed by atoms with van der Waals surface area (Å²) in [6, 6.07) is 4.02. The smallest absolute Gasteiger partial charge is 0.178 e. The first-order valence-corrected chi connectivity index (χ1v) is 10.1. The third-order valence-corrected chi connectivity index (χ3v) is 6.46. The summed E-state index contributed by atoms with van der Waals surface area (Å²) in [5, 5.41) is 0. The molecule has 2 fully saturated rings. The predicted molar refractivity (Wildman–Crippen MR) is 91.0 cm³/mol. The molecule has 2 aliphatic heterocycles. The second-order valence-electron chi connectivity index (χ2n) is 6.41. The van der Waals surface area contributed by atoms with Crippen LogP contribution in [0.5, 0.6) is 0 Å². The van der Waals surface area contributed by atoms with Crippen LogP contribution < -0.4 is 4.90 Å². The summed E-state index contributed by atoms with van der Waals surface area (Å²) >= 11 is 0. The van der Waals surface area contributed by atoms with E-state index in [1.807, 2.05) is 4.90 Å². The van der Waals surface area contributed by atoms with Crippen LogP contribution in [0.25, 0.3) is 0 Å². The van der Waals surface area contributed by atoms with Crippen molar-refractivity contribution in [1.82, 2.24) is 0 Å². The highest BCUT2D eigenvalue weighted by Gasteiger charge is 2.40. The quantitative estimate of drug-likeness (QED) is 0.711. The third-order valence-electron chi connectivity index (χ3n) is 4.68. The number of hydrogen-bond acceptors (Lipinski definition) is 6. The Bertz CT molecular complexity index is 693. The van der Waals surface area contributed by atoms with Crippen LogP contribution in [0.4, 0.5) is 10.1 Å². The van der Waals surface area contributed by atoms with E-state index in [1.165, 1.54) is 13.2 Å². The molecule has 0 aliphatic carbocycles. The van der Waals surface area contributed by atoms with Crippen LogP contribution in [-0.2, 0) is 24.0 Å². The summed E-state index contributed by atoms with van der Waals surface area (Å²) in [4.78, 5) is 2.00. The lowest BCUT2D eigenvalue weighted by molar-refractivity contribution is -0.169.